The van der Waals surface area contributed by atoms with Gasteiger partial charge in [-0.3, -0.25) is 0 Å². The smallest absolute Gasteiger partial charge is 0.110 e. The average molecular weight is 154 g/mol. The molecule has 0 aromatic rings. The van der Waals surface area contributed by atoms with Gasteiger partial charge in [-0.1, -0.05) is 0 Å². The van der Waals surface area contributed by atoms with Gasteiger partial charge in [-0.25, -0.2) is 0 Å². The molecule has 1 fully saturated rings. The molecule has 0 spiro atoms. The van der Waals surface area contributed by atoms with Crippen LogP contribution in [0.5, 0.6) is 0 Å². The Morgan fingerprint density at radius 2 is 2.36 bits per heavy atom. The molecule has 0 radical (unpaired) electrons. The number of rotatable bonds is 3. The van der Waals surface area contributed by atoms with Crippen LogP contribution in [0, 0.1) is 11.8 Å². The minimum absolute atomic E-state index is 0.0566. The lowest BCUT2D eigenvalue weighted by atomic mass is 10.0. The van der Waals surface area contributed by atoms with Crippen LogP contribution in [0.15, 0.2) is 0 Å². The summed E-state index contributed by atoms with van der Waals surface area (Å²) >= 11 is 0. The molecule has 1 saturated heterocycles. The Morgan fingerprint density at radius 1 is 1.64 bits per heavy atom. The minimum atomic E-state index is -0.0847. The van der Waals surface area contributed by atoms with E-state index in [2.05, 4.69) is 11.8 Å². The number of hydrogen-bond donors (Lipinski definition) is 1. The second-order valence-corrected chi connectivity index (χ2v) is 3.03. The summed E-state index contributed by atoms with van der Waals surface area (Å²) in [5.74, 6) is 5.81. The Hall–Kier alpha value is -0.520. The fraction of sp³-hybridized carbons (Fsp3) is 0.778. The normalized spacial score (nSPS) is 34.3. The summed E-state index contributed by atoms with van der Waals surface area (Å²) in [6, 6.07) is 0. The molecule has 1 N–H and O–H groups in total. The van der Waals surface area contributed by atoms with E-state index in [0.717, 1.165) is 12.8 Å². The van der Waals surface area contributed by atoms with E-state index in [1.165, 1.54) is 0 Å². The zero-order chi connectivity index (χ0) is 8.32. The van der Waals surface area contributed by atoms with Crippen LogP contribution in [-0.2, 0) is 4.74 Å². The molecule has 1 rings (SSSR count). The standard InChI is InChI=1S/C9H14O2/c1-3-4-5-6-9(2)8(7-10)11-9/h8,10H,5-7H2,1-2H3/t8-,9+/m0/s1. The summed E-state index contributed by atoms with van der Waals surface area (Å²) in [5.41, 5.74) is -0.0847. The van der Waals surface area contributed by atoms with Crippen molar-refractivity contribution in [1.82, 2.24) is 0 Å². The summed E-state index contributed by atoms with van der Waals surface area (Å²) in [7, 11) is 0. The van der Waals surface area contributed by atoms with Gasteiger partial charge < -0.3 is 9.84 Å². The monoisotopic (exact) mass is 154 g/mol. The maximum atomic E-state index is 8.74. The molecular weight excluding hydrogens is 140 g/mol. The maximum absolute atomic E-state index is 8.74. The molecule has 2 atom stereocenters. The van der Waals surface area contributed by atoms with Crippen LogP contribution < -0.4 is 0 Å². The molecule has 1 heterocycles. The largest absolute Gasteiger partial charge is 0.394 e. The third kappa shape index (κ3) is 1.95. The first-order chi connectivity index (χ1) is 5.23. The highest BCUT2D eigenvalue weighted by Gasteiger charge is 2.50. The van der Waals surface area contributed by atoms with Gasteiger partial charge in [-0.15, -0.1) is 11.8 Å². The summed E-state index contributed by atoms with van der Waals surface area (Å²) in [4.78, 5) is 0. The highest BCUT2D eigenvalue weighted by molar-refractivity contribution is 5.03. The molecule has 0 unspecified atom stereocenters. The molecule has 2 heteroatoms. The number of ether oxygens (including phenoxy) is 1. The van der Waals surface area contributed by atoms with Gasteiger partial charge in [0.05, 0.1) is 12.2 Å². The predicted molar refractivity (Wildman–Crippen MR) is 43.0 cm³/mol. The zero-order valence-corrected chi connectivity index (χ0v) is 7.05. The van der Waals surface area contributed by atoms with Gasteiger partial charge in [0.25, 0.3) is 0 Å². The number of aliphatic hydroxyl groups is 1. The highest BCUT2D eigenvalue weighted by atomic mass is 16.6. The second kappa shape index (κ2) is 3.25. The van der Waals surface area contributed by atoms with Gasteiger partial charge in [0.2, 0.25) is 0 Å². The fourth-order valence-corrected chi connectivity index (χ4v) is 1.18. The summed E-state index contributed by atoms with van der Waals surface area (Å²) in [6.07, 6.45) is 1.85. The van der Waals surface area contributed by atoms with Crippen LogP contribution >= 0.6 is 0 Å². The summed E-state index contributed by atoms with van der Waals surface area (Å²) < 4.78 is 5.28. The number of aliphatic hydroxyl groups excluding tert-OH is 1. The van der Waals surface area contributed by atoms with E-state index in [-0.39, 0.29) is 18.3 Å². The van der Waals surface area contributed by atoms with Crippen molar-refractivity contribution < 1.29 is 9.84 Å². The van der Waals surface area contributed by atoms with E-state index in [9.17, 15) is 0 Å². The lowest BCUT2D eigenvalue weighted by Gasteiger charge is -2.00. The van der Waals surface area contributed by atoms with Crippen LogP contribution in [0.2, 0.25) is 0 Å². The van der Waals surface area contributed by atoms with E-state index in [1.54, 1.807) is 0 Å². The van der Waals surface area contributed by atoms with E-state index >= 15 is 0 Å². The Labute approximate surface area is 67.6 Å². The van der Waals surface area contributed by atoms with Crippen LogP contribution in [0.3, 0.4) is 0 Å². The lowest BCUT2D eigenvalue weighted by Crippen LogP contribution is -2.11. The molecule has 0 bridgehead atoms. The Morgan fingerprint density at radius 3 is 2.82 bits per heavy atom. The quantitative estimate of drug-likeness (QED) is 0.484. The topological polar surface area (TPSA) is 32.8 Å². The molecular formula is C9H14O2. The van der Waals surface area contributed by atoms with E-state index in [4.69, 9.17) is 9.84 Å². The van der Waals surface area contributed by atoms with Crippen LogP contribution in [0.25, 0.3) is 0 Å². The molecule has 2 nitrogen and oxygen atoms in total. The third-order valence-electron chi connectivity index (χ3n) is 2.12. The molecule has 0 saturated carbocycles. The van der Waals surface area contributed by atoms with E-state index < -0.39 is 0 Å². The first-order valence-electron chi connectivity index (χ1n) is 3.91. The van der Waals surface area contributed by atoms with Gasteiger partial charge in [0.1, 0.15) is 6.10 Å². The predicted octanol–water partition coefficient (Wildman–Crippen LogP) is 0.940. The Kier molecular flexibility index (Phi) is 2.53. The van der Waals surface area contributed by atoms with Crippen LogP contribution in [0.1, 0.15) is 26.7 Å². The molecule has 0 aromatic heterocycles. The van der Waals surface area contributed by atoms with Crippen molar-refractivity contribution in [3.63, 3.8) is 0 Å². The Bertz CT molecular complexity index is 189. The molecule has 1 aliphatic rings. The van der Waals surface area contributed by atoms with Gasteiger partial charge >= 0.3 is 0 Å². The van der Waals surface area contributed by atoms with E-state index in [1.807, 2.05) is 13.8 Å². The van der Waals surface area contributed by atoms with Crippen molar-refractivity contribution in [3.8, 4) is 11.8 Å². The van der Waals surface area contributed by atoms with Gasteiger partial charge in [0, 0.05) is 6.42 Å². The highest BCUT2D eigenvalue weighted by Crippen LogP contribution is 2.39. The summed E-state index contributed by atoms with van der Waals surface area (Å²) in [6.45, 7) is 3.99. The second-order valence-electron chi connectivity index (χ2n) is 3.03. The molecule has 11 heavy (non-hydrogen) atoms. The van der Waals surface area contributed by atoms with Crippen molar-refractivity contribution in [2.45, 2.75) is 38.4 Å². The van der Waals surface area contributed by atoms with Crippen molar-refractivity contribution in [2.75, 3.05) is 6.61 Å². The van der Waals surface area contributed by atoms with Crippen LogP contribution in [-0.4, -0.2) is 23.4 Å². The van der Waals surface area contributed by atoms with Gasteiger partial charge in [-0.2, -0.15) is 0 Å². The van der Waals surface area contributed by atoms with Crippen molar-refractivity contribution in [3.05, 3.63) is 0 Å². The molecule has 0 amide bonds. The first kappa shape index (κ1) is 8.58. The first-order valence-corrected chi connectivity index (χ1v) is 3.91. The number of epoxide rings is 1. The van der Waals surface area contributed by atoms with Gasteiger partial charge in [0.15, 0.2) is 0 Å². The average Bonchev–Trinajstić information content (AvgIpc) is 2.63. The van der Waals surface area contributed by atoms with Gasteiger partial charge in [-0.05, 0) is 20.3 Å². The van der Waals surface area contributed by atoms with Crippen molar-refractivity contribution >= 4 is 0 Å². The maximum Gasteiger partial charge on any atom is 0.110 e. The zero-order valence-electron chi connectivity index (χ0n) is 7.05. The molecule has 0 aliphatic carbocycles. The van der Waals surface area contributed by atoms with Crippen LogP contribution in [0.4, 0.5) is 0 Å². The SMILES string of the molecule is CC#CCC[C@@]1(C)O[C@H]1CO. The Balaban J connectivity index is 2.21. The fourth-order valence-electron chi connectivity index (χ4n) is 1.18. The molecule has 1 aliphatic heterocycles. The molecule has 62 valence electrons. The van der Waals surface area contributed by atoms with Crippen molar-refractivity contribution in [1.29, 1.82) is 0 Å². The third-order valence-corrected chi connectivity index (χ3v) is 2.12. The number of hydrogen-bond acceptors (Lipinski definition) is 2. The minimum Gasteiger partial charge on any atom is -0.394 e. The lowest BCUT2D eigenvalue weighted by molar-refractivity contribution is 0.235. The van der Waals surface area contributed by atoms with E-state index in [0.29, 0.717) is 0 Å². The molecule has 0 aromatic carbocycles. The summed E-state index contributed by atoms with van der Waals surface area (Å²) in [5, 5.41) is 8.74. The van der Waals surface area contributed by atoms with Crippen molar-refractivity contribution in [2.24, 2.45) is 0 Å².